The number of rotatable bonds is 5. The average molecular weight is 411 g/mol. The van der Waals surface area contributed by atoms with E-state index in [1.807, 2.05) is 49.4 Å². The Bertz CT molecular complexity index is 1010. The van der Waals surface area contributed by atoms with Gasteiger partial charge in [-0.25, -0.2) is 4.79 Å². The number of aliphatic carboxylic acids is 1. The first kappa shape index (κ1) is 19.4. The largest absolute Gasteiger partial charge is 0.481 e. The van der Waals surface area contributed by atoms with Gasteiger partial charge in [-0.15, -0.1) is 11.3 Å². The van der Waals surface area contributed by atoms with E-state index in [9.17, 15) is 19.5 Å². The highest BCUT2D eigenvalue weighted by Crippen LogP contribution is 2.49. The van der Waals surface area contributed by atoms with E-state index >= 15 is 0 Å². The predicted octanol–water partition coefficient (Wildman–Crippen LogP) is 3.97. The Morgan fingerprint density at radius 2 is 1.76 bits per heavy atom. The zero-order valence-corrected chi connectivity index (χ0v) is 16.9. The molecule has 1 fully saturated rings. The summed E-state index contributed by atoms with van der Waals surface area (Å²) in [6.45, 7) is 1.88. The lowest BCUT2D eigenvalue weighted by Crippen LogP contribution is -2.36. The lowest BCUT2D eigenvalue weighted by Gasteiger charge is -2.23. The van der Waals surface area contributed by atoms with Crippen LogP contribution >= 0.6 is 11.3 Å². The molecule has 1 heterocycles. The molecule has 1 aromatic heterocycles. The minimum atomic E-state index is -0.956. The van der Waals surface area contributed by atoms with Crippen molar-refractivity contribution in [2.75, 3.05) is 12.4 Å². The van der Waals surface area contributed by atoms with Crippen molar-refractivity contribution in [2.24, 2.45) is 23.7 Å². The number of allylic oxidation sites excluding steroid dienone is 2. The fourth-order valence-electron chi connectivity index (χ4n) is 4.59. The second kappa shape index (κ2) is 7.48. The van der Waals surface area contributed by atoms with Crippen molar-refractivity contribution in [3.8, 4) is 11.1 Å². The zero-order chi connectivity index (χ0) is 20.7. The number of nitrogens with one attached hydrogen (secondary N) is 1. The summed E-state index contributed by atoms with van der Waals surface area (Å²) in [6, 6.07) is 9.44. The third-order valence-corrected chi connectivity index (χ3v) is 6.84. The molecular weight excluding hydrogens is 390 g/mol. The molecule has 7 heteroatoms. The first-order valence-electron chi connectivity index (χ1n) is 9.41. The molecule has 1 amide bonds. The van der Waals surface area contributed by atoms with Crippen molar-refractivity contribution >= 4 is 34.2 Å². The smallest absolute Gasteiger partial charge is 0.341 e. The van der Waals surface area contributed by atoms with E-state index in [4.69, 9.17) is 4.74 Å². The molecule has 2 bridgehead atoms. The zero-order valence-electron chi connectivity index (χ0n) is 16.0. The number of ether oxygens (including phenoxy) is 1. The number of hydrogen-bond acceptors (Lipinski definition) is 5. The molecule has 29 heavy (non-hydrogen) atoms. The minimum Gasteiger partial charge on any atom is -0.481 e. The third kappa shape index (κ3) is 3.25. The third-order valence-electron chi connectivity index (χ3n) is 5.82. The van der Waals surface area contributed by atoms with Gasteiger partial charge in [-0.2, -0.15) is 0 Å². The summed E-state index contributed by atoms with van der Waals surface area (Å²) < 4.78 is 4.98. The van der Waals surface area contributed by atoms with E-state index in [-0.39, 0.29) is 17.7 Å². The second-order valence-electron chi connectivity index (χ2n) is 7.42. The van der Waals surface area contributed by atoms with Gasteiger partial charge in [-0.3, -0.25) is 9.59 Å². The molecule has 0 unspecified atom stereocenters. The van der Waals surface area contributed by atoms with Gasteiger partial charge in [0.15, 0.2) is 0 Å². The summed E-state index contributed by atoms with van der Waals surface area (Å²) in [4.78, 5) is 38.3. The van der Waals surface area contributed by atoms with Crippen molar-refractivity contribution in [1.29, 1.82) is 0 Å². The molecule has 2 aromatic rings. The van der Waals surface area contributed by atoms with Gasteiger partial charge < -0.3 is 15.2 Å². The number of methoxy groups -OCH3 is 1. The van der Waals surface area contributed by atoms with Gasteiger partial charge in [-0.05, 0) is 30.7 Å². The number of hydrogen-bond donors (Lipinski definition) is 2. The predicted molar refractivity (Wildman–Crippen MR) is 110 cm³/mol. The van der Waals surface area contributed by atoms with Crippen LogP contribution in [0.1, 0.15) is 21.7 Å². The number of esters is 1. The molecule has 4 atom stereocenters. The van der Waals surface area contributed by atoms with Crippen LogP contribution in [0.25, 0.3) is 11.1 Å². The SMILES string of the molecule is COC(=O)c1c(NC(=O)[C@@H]2[C@H](C(=O)O)[C@H]3C=C[C@H]2C3)sc(C)c1-c1ccccc1. The second-order valence-corrected chi connectivity index (χ2v) is 8.65. The van der Waals surface area contributed by atoms with Gasteiger partial charge in [0.1, 0.15) is 10.6 Å². The number of thiophene rings is 1. The fraction of sp³-hybridized carbons (Fsp3) is 0.318. The van der Waals surface area contributed by atoms with Gasteiger partial charge in [-0.1, -0.05) is 42.5 Å². The molecule has 2 aliphatic carbocycles. The van der Waals surface area contributed by atoms with E-state index in [1.54, 1.807) is 0 Å². The minimum absolute atomic E-state index is 0.0858. The van der Waals surface area contributed by atoms with Crippen LogP contribution in [0, 0.1) is 30.6 Å². The summed E-state index contributed by atoms with van der Waals surface area (Å²) in [7, 11) is 1.30. The molecule has 2 N–H and O–H groups in total. The number of carboxylic acid groups (broad SMARTS) is 1. The highest BCUT2D eigenvalue weighted by Gasteiger charge is 2.51. The molecule has 150 valence electrons. The molecule has 1 aromatic carbocycles. The number of fused-ring (bicyclic) bond motifs is 2. The number of amides is 1. The Morgan fingerprint density at radius 1 is 1.10 bits per heavy atom. The lowest BCUT2D eigenvalue weighted by molar-refractivity contribution is -0.146. The molecule has 0 radical (unpaired) electrons. The van der Waals surface area contributed by atoms with Crippen LogP contribution in [0.5, 0.6) is 0 Å². The Hall–Kier alpha value is -2.93. The first-order chi connectivity index (χ1) is 13.9. The topological polar surface area (TPSA) is 92.7 Å². The number of anilines is 1. The van der Waals surface area contributed by atoms with Gasteiger partial charge >= 0.3 is 11.9 Å². The van der Waals surface area contributed by atoms with Crippen molar-refractivity contribution in [2.45, 2.75) is 13.3 Å². The summed E-state index contributed by atoms with van der Waals surface area (Å²) in [5.41, 5.74) is 1.88. The fourth-order valence-corrected chi connectivity index (χ4v) is 5.66. The van der Waals surface area contributed by atoms with Crippen LogP contribution in [0.3, 0.4) is 0 Å². The Kier molecular flexibility index (Phi) is 5.00. The normalized spacial score (nSPS) is 24.5. The van der Waals surface area contributed by atoms with E-state index in [0.717, 1.165) is 16.0 Å². The molecule has 0 saturated heterocycles. The molecule has 2 aliphatic rings. The molecule has 1 saturated carbocycles. The van der Waals surface area contributed by atoms with Gasteiger partial charge in [0, 0.05) is 10.4 Å². The van der Waals surface area contributed by atoms with Crippen molar-refractivity contribution in [3.05, 3.63) is 52.9 Å². The van der Waals surface area contributed by atoms with Gasteiger partial charge in [0.25, 0.3) is 0 Å². The number of benzene rings is 1. The summed E-state index contributed by atoms with van der Waals surface area (Å²) in [5, 5.41) is 12.9. The standard InChI is InChI=1S/C22H21NO5S/c1-11-15(12-6-4-3-5-7-12)18(22(27)28-2)20(29-11)23-19(24)16-13-8-9-14(10-13)17(16)21(25)26/h3-9,13-14,16-17H,10H2,1-2H3,(H,23,24)(H,25,26)/t13-,14-,16-,17+/m0/s1. The number of aryl methyl sites for hydroxylation is 1. The van der Waals surface area contributed by atoms with Crippen LogP contribution in [0.4, 0.5) is 5.00 Å². The van der Waals surface area contributed by atoms with Crippen LogP contribution < -0.4 is 5.32 Å². The van der Waals surface area contributed by atoms with Crippen LogP contribution in [-0.2, 0) is 14.3 Å². The van der Waals surface area contributed by atoms with E-state index in [0.29, 0.717) is 17.0 Å². The quantitative estimate of drug-likeness (QED) is 0.574. The Labute approximate surface area is 172 Å². The lowest BCUT2D eigenvalue weighted by atomic mass is 9.82. The van der Waals surface area contributed by atoms with Gasteiger partial charge in [0.2, 0.25) is 5.91 Å². The molecular formula is C22H21NO5S. The molecule has 0 aliphatic heterocycles. The summed E-state index contributed by atoms with van der Waals surface area (Å²) in [5.74, 6) is -3.43. The van der Waals surface area contributed by atoms with Crippen LogP contribution in [-0.4, -0.2) is 30.1 Å². The molecule has 0 spiro atoms. The summed E-state index contributed by atoms with van der Waals surface area (Å²) in [6.07, 6.45) is 4.51. The maximum Gasteiger partial charge on any atom is 0.341 e. The Balaban J connectivity index is 1.71. The monoisotopic (exact) mass is 411 g/mol. The number of carbonyl (C=O) groups excluding carboxylic acids is 2. The highest BCUT2D eigenvalue weighted by atomic mass is 32.1. The van der Waals surface area contributed by atoms with Crippen molar-refractivity contribution in [1.82, 2.24) is 0 Å². The van der Waals surface area contributed by atoms with Gasteiger partial charge in [0.05, 0.1) is 18.9 Å². The van der Waals surface area contributed by atoms with E-state index in [2.05, 4.69) is 5.32 Å². The number of carbonyl (C=O) groups is 3. The van der Waals surface area contributed by atoms with Crippen LogP contribution in [0.15, 0.2) is 42.5 Å². The maximum absolute atomic E-state index is 13.1. The molecule has 4 rings (SSSR count). The van der Waals surface area contributed by atoms with E-state index < -0.39 is 23.8 Å². The van der Waals surface area contributed by atoms with Crippen molar-refractivity contribution in [3.63, 3.8) is 0 Å². The van der Waals surface area contributed by atoms with E-state index in [1.165, 1.54) is 18.4 Å². The Morgan fingerprint density at radius 3 is 2.38 bits per heavy atom. The first-order valence-corrected chi connectivity index (χ1v) is 10.2. The van der Waals surface area contributed by atoms with Crippen molar-refractivity contribution < 1.29 is 24.2 Å². The van der Waals surface area contributed by atoms with Crippen LogP contribution in [0.2, 0.25) is 0 Å². The maximum atomic E-state index is 13.1. The summed E-state index contributed by atoms with van der Waals surface area (Å²) >= 11 is 1.30. The highest BCUT2D eigenvalue weighted by molar-refractivity contribution is 7.17. The number of carboxylic acids is 1. The molecule has 6 nitrogen and oxygen atoms in total. The average Bonchev–Trinajstić information content (AvgIpc) is 3.40.